The fourth-order valence-electron chi connectivity index (χ4n) is 2.22. The zero-order valence-electron chi connectivity index (χ0n) is 13.7. The van der Waals surface area contributed by atoms with Gasteiger partial charge in [0.25, 0.3) is 5.91 Å². The first-order chi connectivity index (χ1) is 10.3. The van der Waals surface area contributed by atoms with Gasteiger partial charge in [-0.05, 0) is 47.7 Å². The third kappa shape index (κ3) is 3.95. The highest BCUT2D eigenvalue weighted by molar-refractivity contribution is 6.04. The van der Waals surface area contributed by atoms with Crippen molar-refractivity contribution in [1.82, 2.24) is 0 Å². The van der Waals surface area contributed by atoms with Crippen molar-refractivity contribution < 1.29 is 4.79 Å². The summed E-state index contributed by atoms with van der Waals surface area (Å²) in [6.45, 7) is 8.39. The van der Waals surface area contributed by atoms with Gasteiger partial charge in [-0.1, -0.05) is 45.0 Å². The van der Waals surface area contributed by atoms with Crippen LogP contribution in [0.25, 0.3) is 0 Å². The number of rotatable bonds is 3. The molecular formula is C19H24N2O. The minimum atomic E-state index is -0.109. The van der Waals surface area contributed by atoms with Crippen molar-refractivity contribution in [3.63, 3.8) is 0 Å². The van der Waals surface area contributed by atoms with Crippen LogP contribution >= 0.6 is 0 Å². The van der Waals surface area contributed by atoms with Crippen LogP contribution in [0.1, 0.15) is 55.2 Å². The molecule has 0 aliphatic carbocycles. The third-order valence-corrected chi connectivity index (χ3v) is 3.68. The number of carbonyl (C=O) groups excluding carboxylic acids is 1. The van der Waals surface area contributed by atoms with Gasteiger partial charge in [-0.25, -0.2) is 0 Å². The van der Waals surface area contributed by atoms with Crippen molar-refractivity contribution in [2.45, 2.75) is 39.2 Å². The number of amides is 1. The molecule has 0 spiro atoms. The average molecular weight is 296 g/mol. The Kier molecular flexibility index (Phi) is 4.67. The van der Waals surface area contributed by atoms with Crippen LogP contribution in [0.5, 0.6) is 0 Å². The maximum atomic E-state index is 12.3. The third-order valence-electron chi connectivity index (χ3n) is 3.68. The second kappa shape index (κ2) is 6.32. The van der Waals surface area contributed by atoms with Crippen molar-refractivity contribution in [1.29, 1.82) is 0 Å². The summed E-state index contributed by atoms with van der Waals surface area (Å²) in [4.78, 5) is 12.3. The van der Waals surface area contributed by atoms with E-state index in [9.17, 15) is 4.79 Å². The van der Waals surface area contributed by atoms with Gasteiger partial charge in [0.15, 0.2) is 0 Å². The molecule has 0 heterocycles. The number of anilines is 1. The molecule has 1 atom stereocenters. The SMILES string of the molecule is CC(N)c1cccc(NC(=O)c2ccc(C(C)(C)C)cc2)c1. The Labute approximate surface area is 132 Å². The Morgan fingerprint density at radius 2 is 1.73 bits per heavy atom. The molecule has 2 rings (SSSR count). The number of benzene rings is 2. The maximum Gasteiger partial charge on any atom is 0.255 e. The first kappa shape index (κ1) is 16.2. The summed E-state index contributed by atoms with van der Waals surface area (Å²) in [6.07, 6.45) is 0. The van der Waals surface area contributed by atoms with Crippen molar-refractivity contribution >= 4 is 11.6 Å². The lowest BCUT2D eigenvalue weighted by Crippen LogP contribution is -2.14. The van der Waals surface area contributed by atoms with Crippen LogP contribution < -0.4 is 11.1 Å². The van der Waals surface area contributed by atoms with Crippen molar-refractivity contribution in [2.24, 2.45) is 5.73 Å². The van der Waals surface area contributed by atoms with E-state index in [1.807, 2.05) is 55.5 Å². The Balaban J connectivity index is 2.14. The van der Waals surface area contributed by atoms with Gasteiger partial charge in [-0.2, -0.15) is 0 Å². The van der Waals surface area contributed by atoms with E-state index >= 15 is 0 Å². The quantitative estimate of drug-likeness (QED) is 0.889. The first-order valence-corrected chi connectivity index (χ1v) is 7.55. The van der Waals surface area contributed by atoms with Crippen molar-refractivity contribution in [2.75, 3.05) is 5.32 Å². The van der Waals surface area contributed by atoms with Gasteiger partial charge in [0, 0.05) is 17.3 Å². The second-order valence-corrected chi connectivity index (χ2v) is 6.70. The fourth-order valence-corrected chi connectivity index (χ4v) is 2.22. The van der Waals surface area contributed by atoms with Gasteiger partial charge in [0.1, 0.15) is 0 Å². The Bertz CT molecular complexity index is 652. The largest absolute Gasteiger partial charge is 0.324 e. The van der Waals surface area contributed by atoms with Gasteiger partial charge in [0.05, 0.1) is 0 Å². The second-order valence-electron chi connectivity index (χ2n) is 6.70. The lowest BCUT2D eigenvalue weighted by Gasteiger charge is -2.19. The average Bonchev–Trinajstić information content (AvgIpc) is 2.46. The molecule has 3 nitrogen and oxygen atoms in total. The maximum absolute atomic E-state index is 12.3. The minimum Gasteiger partial charge on any atom is -0.324 e. The molecule has 1 unspecified atom stereocenters. The molecule has 1 amide bonds. The van der Waals surface area contributed by atoms with E-state index in [0.29, 0.717) is 5.56 Å². The Morgan fingerprint density at radius 1 is 1.09 bits per heavy atom. The predicted molar refractivity (Wildman–Crippen MR) is 92.1 cm³/mol. The smallest absolute Gasteiger partial charge is 0.255 e. The predicted octanol–water partition coefficient (Wildman–Crippen LogP) is 4.26. The molecule has 0 aliphatic heterocycles. The highest BCUT2D eigenvalue weighted by atomic mass is 16.1. The molecule has 0 bridgehead atoms. The first-order valence-electron chi connectivity index (χ1n) is 7.55. The monoisotopic (exact) mass is 296 g/mol. The fraction of sp³-hybridized carbons (Fsp3) is 0.316. The van der Waals surface area contributed by atoms with Gasteiger partial charge < -0.3 is 11.1 Å². The molecule has 0 aliphatic rings. The van der Waals surface area contributed by atoms with E-state index in [-0.39, 0.29) is 17.4 Å². The lowest BCUT2D eigenvalue weighted by atomic mass is 9.87. The summed E-state index contributed by atoms with van der Waals surface area (Å²) in [7, 11) is 0. The van der Waals surface area contributed by atoms with E-state index in [0.717, 1.165) is 11.3 Å². The minimum absolute atomic E-state index is 0.0529. The molecule has 0 fully saturated rings. The van der Waals surface area contributed by atoms with E-state index in [1.54, 1.807) is 0 Å². The number of carbonyl (C=O) groups is 1. The van der Waals surface area contributed by atoms with Crippen LogP contribution in [0.15, 0.2) is 48.5 Å². The molecule has 0 saturated carbocycles. The molecule has 3 heteroatoms. The van der Waals surface area contributed by atoms with Gasteiger partial charge >= 0.3 is 0 Å². The zero-order valence-corrected chi connectivity index (χ0v) is 13.7. The number of nitrogens with one attached hydrogen (secondary N) is 1. The van der Waals surface area contributed by atoms with Gasteiger partial charge in [-0.15, -0.1) is 0 Å². The number of nitrogens with two attached hydrogens (primary N) is 1. The molecule has 0 radical (unpaired) electrons. The molecule has 2 aromatic carbocycles. The van der Waals surface area contributed by atoms with E-state index in [1.165, 1.54) is 5.56 Å². The van der Waals surface area contributed by atoms with E-state index in [4.69, 9.17) is 5.73 Å². The molecule has 2 aromatic rings. The van der Waals surface area contributed by atoms with Crippen LogP contribution in [0, 0.1) is 0 Å². The molecule has 116 valence electrons. The number of hydrogen-bond donors (Lipinski definition) is 2. The summed E-state index contributed by atoms with van der Waals surface area (Å²) in [6, 6.07) is 15.3. The molecule has 0 saturated heterocycles. The molecule has 3 N–H and O–H groups in total. The summed E-state index contributed by atoms with van der Waals surface area (Å²) in [5.74, 6) is -0.109. The molecule has 22 heavy (non-hydrogen) atoms. The van der Waals surface area contributed by atoms with Crippen LogP contribution in [0.3, 0.4) is 0 Å². The van der Waals surface area contributed by atoms with Gasteiger partial charge in [0.2, 0.25) is 0 Å². The Hall–Kier alpha value is -2.13. The standard InChI is InChI=1S/C19H24N2O/c1-13(20)15-6-5-7-17(12-15)21-18(22)14-8-10-16(11-9-14)19(2,3)4/h5-13H,20H2,1-4H3,(H,21,22). The van der Waals surface area contributed by atoms with Crippen LogP contribution in [-0.4, -0.2) is 5.91 Å². The van der Waals surface area contributed by atoms with Gasteiger partial charge in [-0.3, -0.25) is 4.79 Å². The Morgan fingerprint density at radius 3 is 2.27 bits per heavy atom. The summed E-state index contributed by atoms with van der Waals surface area (Å²) >= 11 is 0. The van der Waals surface area contributed by atoms with Crippen LogP contribution in [0.4, 0.5) is 5.69 Å². The van der Waals surface area contributed by atoms with Crippen molar-refractivity contribution in [3.05, 3.63) is 65.2 Å². The molecule has 0 aromatic heterocycles. The summed E-state index contributed by atoms with van der Waals surface area (Å²) in [5.41, 5.74) is 9.58. The van der Waals surface area contributed by atoms with Crippen LogP contribution in [0.2, 0.25) is 0 Å². The van der Waals surface area contributed by atoms with Crippen LogP contribution in [-0.2, 0) is 5.41 Å². The van der Waals surface area contributed by atoms with Crippen molar-refractivity contribution in [3.8, 4) is 0 Å². The topological polar surface area (TPSA) is 55.1 Å². The highest BCUT2D eigenvalue weighted by Crippen LogP contribution is 2.22. The summed E-state index contributed by atoms with van der Waals surface area (Å²) < 4.78 is 0. The number of hydrogen-bond acceptors (Lipinski definition) is 2. The normalized spacial score (nSPS) is 12.8. The highest BCUT2D eigenvalue weighted by Gasteiger charge is 2.14. The molecular weight excluding hydrogens is 272 g/mol. The zero-order chi connectivity index (χ0) is 16.3. The summed E-state index contributed by atoms with van der Waals surface area (Å²) in [5, 5.41) is 2.92. The van der Waals surface area contributed by atoms with E-state index < -0.39 is 0 Å². The van der Waals surface area contributed by atoms with E-state index in [2.05, 4.69) is 26.1 Å². The lowest BCUT2D eigenvalue weighted by molar-refractivity contribution is 0.102.